The zero-order valence-electron chi connectivity index (χ0n) is 7.97. The maximum Gasteiger partial charge on any atom is 0.175 e. The van der Waals surface area contributed by atoms with Gasteiger partial charge >= 0.3 is 0 Å². The van der Waals surface area contributed by atoms with E-state index in [4.69, 9.17) is 0 Å². The van der Waals surface area contributed by atoms with Crippen LogP contribution in [0.25, 0.3) is 0 Å². The van der Waals surface area contributed by atoms with E-state index in [2.05, 4.69) is 9.97 Å². The molecule has 0 aromatic carbocycles. The Morgan fingerprint density at radius 2 is 1.93 bits per heavy atom. The number of rotatable bonds is 1. The number of pyridine rings is 1. The number of carbonyl (C=O) groups excluding carboxylic acids is 1. The fourth-order valence-corrected chi connectivity index (χ4v) is 0.862. The summed E-state index contributed by atoms with van der Waals surface area (Å²) in [6.45, 7) is 1.53. The van der Waals surface area contributed by atoms with E-state index in [1.54, 1.807) is 30.7 Å². The smallest absolute Gasteiger partial charge is 0.175 e. The molecule has 0 aliphatic rings. The molecule has 14 heavy (non-hydrogen) atoms. The number of hydrogen-bond acceptors (Lipinski definition) is 2. The second-order valence-electron chi connectivity index (χ2n) is 2.66. The zero-order valence-corrected chi connectivity index (χ0v) is 7.97. The molecule has 72 valence electrons. The number of nitrogens with zero attached hydrogens (tertiary/aromatic N) is 1. The number of nitrogens with one attached hydrogen (secondary N) is 1. The first-order valence-corrected chi connectivity index (χ1v) is 4.30. The minimum absolute atomic E-state index is 0.0787. The van der Waals surface area contributed by atoms with E-state index in [-0.39, 0.29) is 5.78 Å². The van der Waals surface area contributed by atoms with E-state index in [9.17, 15) is 4.79 Å². The van der Waals surface area contributed by atoms with Crippen molar-refractivity contribution in [2.24, 2.45) is 0 Å². The van der Waals surface area contributed by atoms with Crippen molar-refractivity contribution in [3.05, 3.63) is 54.6 Å². The van der Waals surface area contributed by atoms with E-state index in [1.807, 2.05) is 18.2 Å². The lowest BCUT2D eigenvalue weighted by atomic mass is 10.3. The molecule has 2 aromatic heterocycles. The first kappa shape index (κ1) is 10.2. The Morgan fingerprint density at radius 3 is 2.14 bits per heavy atom. The van der Waals surface area contributed by atoms with Gasteiger partial charge in [0.15, 0.2) is 5.78 Å². The number of ketones is 1. The van der Waals surface area contributed by atoms with Gasteiger partial charge in [0.05, 0.1) is 5.69 Å². The van der Waals surface area contributed by atoms with Gasteiger partial charge in [0.25, 0.3) is 0 Å². The molecule has 1 N–H and O–H groups in total. The number of aromatic amines is 1. The molecule has 0 bridgehead atoms. The monoisotopic (exact) mass is 188 g/mol. The summed E-state index contributed by atoms with van der Waals surface area (Å²) < 4.78 is 0. The van der Waals surface area contributed by atoms with Crippen LogP contribution < -0.4 is 0 Å². The Kier molecular flexibility index (Phi) is 4.14. The van der Waals surface area contributed by atoms with Crippen molar-refractivity contribution < 1.29 is 4.79 Å². The summed E-state index contributed by atoms with van der Waals surface area (Å²) in [6, 6.07) is 9.27. The van der Waals surface area contributed by atoms with Crippen LogP contribution in [0.1, 0.15) is 17.4 Å². The summed E-state index contributed by atoms with van der Waals surface area (Å²) in [5.74, 6) is 0.0787. The van der Waals surface area contributed by atoms with E-state index in [0.717, 1.165) is 0 Å². The standard InChI is InChI=1S/C6H7NO.C5H5N/c1-5(8)6-3-2-4-7-6;1-2-4-6-5-3-1/h2-4,7H,1H3;1-5H. The number of aromatic nitrogens is 2. The Morgan fingerprint density at radius 1 is 1.21 bits per heavy atom. The number of hydrogen-bond donors (Lipinski definition) is 1. The maximum absolute atomic E-state index is 10.5. The van der Waals surface area contributed by atoms with E-state index in [1.165, 1.54) is 6.92 Å². The van der Waals surface area contributed by atoms with Gasteiger partial charge in [-0.3, -0.25) is 9.78 Å². The summed E-state index contributed by atoms with van der Waals surface area (Å²) >= 11 is 0. The van der Waals surface area contributed by atoms with Crippen LogP contribution in [0, 0.1) is 0 Å². The number of carbonyl (C=O) groups is 1. The summed E-state index contributed by atoms with van der Waals surface area (Å²) in [5, 5.41) is 0. The molecule has 0 unspecified atom stereocenters. The Bertz CT molecular complexity index is 327. The Balaban J connectivity index is 0.000000146. The molecule has 2 heterocycles. The first-order chi connectivity index (χ1) is 6.80. The molecule has 0 fully saturated rings. The summed E-state index contributed by atoms with van der Waals surface area (Å²) in [6.07, 6.45) is 5.23. The highest BCUT2D eigenvalue weighted by molar-refractivity contribution is 5.92. The van der Waals surface area contributed by atoms with Crippen LogP contribution in [-0.2, 0) is 0 Å². The molecule has 0 atom stereocenters. The molecule has 0 saturated heterocycles. The third-order valence-corrected chi connectivity index (χ3v) is 1.54. The largest absolute Gasteiger partial charge is 0.359 e. The highest BCUT2D eigenvalue weighted by Crippen LogP contribution is 1.93. The van der Waals surface area contributed by atoms with E-state index >= 15 is 0 Å². The number of Topliss-reactive ketones (excluding diaryl/α,β-unsaturated/α-hetero) is 1. The minimum atomic E-state index is 0.0787. The fraction of sp³-hybridized carbons (Fsp3) is 0.0909. The van der Waals surface area contributed by atoms with Gasteiger partial charge < -0.3 is 4.98 Å². The molecular formula is C11H12N2O. The second-order valence-corrected chi connectivity index (χ2v) is 2.66. The average molecular weight is 188 g/mol. The molecule has 0 radical (unpaired) electrons. The van der Waals surface area contributed by atoms with Crippen molar-refractivity contribution in [1.82, 2.24) is 9.97 Å². The number of H-pyrrole nitrogens is 1. The van der Waals surface area contributed by atoms with Gasteiger partial charge in [-0.15, -0.1) is 0 Å². The lowest BCUT2D eigenvalue weighted by molar-refractivity contribution is 0.101. The average Bonchev–Trinajstić information content (AvgIpc) is 2.74. The van der Waals surface area contributed by atoms with Gasteiger partial charge in [0.1, 0.15) is 0 Å². The lowest BCUT2D eigenvalue weighted by Crippen LogP contribution is -1.89. The SMILES string of the molecule is CC(=O)c1ccc[nH]1.c1ccncc1. The fourth-order valence-electron chi connectivity index (χ4n) is 0.862. The predicted molar refractivity (Wildman–Crippen MR) is 55.0 cm³/mol. The third kappa shape index (κ3) is 3.67. The van der Waals surface area contributed by atoms with Crippen LogP contribution in [-0.4, -0.2) is 15.8 Å². The van der Waals surface area contributed by atoms with Crippen LogP contribution in [0.3, 0.4) is 0 Å². The minimum Gasteiger partial charge on any atom is -0.359 e. The highest BCUT2D eigenvalue weighted by Gasteiger charge is 1.94. The quantitative estimate of drug-likeness (QED) is 0.698. The molecule has 3 heteroatoms. The molecule has 2 rings (SSSR count). The molecule has 0 saturated carbocycles. The van der Waals surface area contributed by atoms with Gasteiger partial charge in [-0.05, 0) is 24.3 Å². The van der Waals surface area contributed by atoms with Gasteiger partial charge in [0, 0.05) is 25.5 Å². The molecular weight excluding hydrogens is 176 g/mol. The zero-order chi connectivity index (χ0) is 10.2. The van der Waals surface area contributed by atoms with Crippen LogP contribution in [0.4, 0.5) is 0 Å². The Labute approximate surface area is 82.8 Å². The summed E-state index contributed by atoms with van der Waals surface area (Å²) in [5.41, 5.74) is 0.671. The van der Waals surface area contributed by atoms with Crippen molar-refractivity contribution in [3.63, 3.8) is 0 Å². The molecule has 3 nitrogen and oxygen atoms in total. The van der Waals surface area contributed by atoms with Crippen LogP contribution >= 0.6 is 0 Å². The highest BCUT2D eigenvalue weighted by atomic mass is 16.1. The normalized spacial score (nSPS) is 8.64. The van der Waals surface area contributed by atoms with Crippen LogP contribution in [0.15, 0.2) is 48.9 Å². The lowest BCUT2D eigenvalue weighted by Gasteiger charge is -1.81. The first-order valence-electron chi connectivity index (χ1n) is 4.30. The van der Waals surface area contributed by atoms with Gasteiger partial charge in [-0.1, -0.05) is 6.07 Å². The van der Waals surface area contributed by atoms with Crippen LogP contribution in [0.2, 0.25) is 0 Å². The summed E-state index contributed by atoms with van der Waals surface area (Å²) in [7, 11) is 0. The third-order valence-electron chi connectivity index (χ3n) is 1.54. The van der Waals surface area contributed by atoms with Gasteiger partial charge in [-0.2, -0.15) is 0 Å². The van der Waals surface area contributed by atoms with Crippen molar-refractivity contribution in [3.8, 4) is 0 Å². The van der Waals surface area contributed by atoms with Crippen LogP contribution in [0.5, 0.6) is 0 Å². The van der Waals surface area contributed by atoms with Crippen molar-refractivity contribution in [2.45, 2.75) is 6.92 Å². The maximum atomic E-state index is 10.5. The van der Waals surface area contributed by atoms with Gasteiger partial charge in [0.2, 0.25) is 0 Å². The Hall–Kier alpha value is -1.90. The van der Waals surface area contributed by atoms with Crippen molar-refractivity contribution in [2.75, 3.05) is 0 Å². The topological polar surface area (TPSA) is 45.8 Å². The van der Waals surface area contributed by atoms with Crippen molar-refractivity contribution >= 4 is 5.78 Å². The molecule has 0 aliphatic heterocycles. The second kappa shape index (κ2) is 5.70. The van der Waals surface area contributed by atoms with E-state index < -0.39 is 0 Å². The van der Waals surface area contributed by atoms with Gasteiger partial charge in [-0.25, -0.2) is 0 Å². The predicted octanol–water partition coefficient (Wildman–Crippen LogP) is 2.30. The molecule has 0 aliphatic carbocycles. The molecule has 0 amide bonds. The van der Waals surface area contributed by atoms with E-state index in [0.29, 0.717) is 5.69 Å². The molecule has 2 aromatic rings. The van der Waals surface area contributed by atoms with Crippen molar-refractivity contribution in [1.29, 1.82) is 0 Å². The molecule has 0 spiro atoms. The summed E-state index contributed by atoms with van der Waals surface area (Å²) in [4.78, 5) is 17.0.